The molecule has 1 aliphatic rings. The van der Waals surface area contributed by atoms with Gasteiger partial charge in [-0.15, -0.1) is 12.4 Å². The van der Waals surface area contributed by atoms with Gasteiger partial charge in [0.2, 0.25) is 10.0 Å². The SMILES string of the molecule is COCCS(=O)(=O)N1CCN[C@H](C)C1.Cl. The lowest BCUT2D eigenvalue weighted by Crippen LogP contribution is -2.52. The lowest BCUT2D eigenvalue weighted by Gasteiger charge is -2.30. The summed E-state index contributed by atoms with van der Waals surface area (Å²) in [7, 11) is -1.60. The molecule has 1 heterocycles. The molecule has 1 atom stereocenters. The Morgan fingerprint density at radius 2 is 2.20 bits per heavy atom. The molecule has 7 heteroatoms. The number of rotatable bonds is 4. The highest BCUT2D eigenvalue weighted by molar-refractivity contribution is 7.89. The number of halogens is 1. The van der Waals surface area contributed by atoms with Gasteiger partial charge in [-0.25, -0.2) is 8.42 Å². The summed E-state index contributed by atoms with van der Waals surface area (Å²) < 4.78 is 29.7. The van der Waals surface area contributed by atoms with Gasteiger partial charge in [-0.1, -0.05) is 0 Å². The summed E-state index contributed by atoms with van der Waals surface area (Å²) in [5, 5.41) is 3.20. The molecule has 0 spiro atoms. The van der Waals surface area contributed by atoms with E-state index in [1.807, 2.05) is 6.92 Å². The normalized spacial score (nSPS) is 23.5. The second kappa shape index (κ2) is 6.65. The Hall–Kier alpha value is 0.120. The second-order valence-electron chi connectivity index (χ2n) is 3.52. The molecular formula is C8H19ClN2O3S. The lowest BCUT2D eigenvalue weighted by atomic mass is 10.3. The molecule has 0 amide bonds. The van der Waals surface area contributed by atoms with E-state index in [1.165, 1.54) is 11.4 Å². The first-order valence-corrected chi connectivity index (χ1v) is 6.37. The summed E-state index contributed by atoms with van der Waals surface area (Å²) in [6.07, 6.45) is 0. The predicted molar refractivity (Wildman–Crippen MR) is 61.9 cm³/mol. The third kappa shape index (κ3) is 4.65. The van der Waals surface area contributed by atoms with E-state index in [0.717, 1.165) is 6.54 Å². The zero-order chi connectivity index (χ0) is 10.6. The van der Waals surface area contributed by atoms with Crippen molar-refractivity contribution in [3.8, 4) is 0 Å². The van der Waals surface area contributed by atoms with Crippen LogP contribution in [-0.2, 0) is 14.8 Å². The molecule has 5 nitrogen and oxygen atoms in total. The van der Waals surface area contributed by atoms with Crippen LogP contribution < -0.4 is 5.32 Å². The molecule has 0 aromatic carbocycles. The highest BCUT2D eigenvalue weighted by Gasteiger charge is 2.26. The molecule has 0 saturated carbocycles. The number of ether oxygens (including phenoxy) is 1. The van der Waals surface area contributed by atoms with Crippen molar-refractivity contribution in [2.24, 2.45) is 0 Å². The van der Waals surface area contributed by atoms with Gasteiger partial charge in [-0.3, -0.25) is 0 Å². The first-order chi connectivity index (χ1) is 6.56. The Morgan fingerprint density at radius 1 is 1.53 bits per heavy atom. The fourth-order valence-corrected chi connectivity index (χ4v) is 2.92. The molecule has 0 bridgehead atoms. The van der Waals surface area contributed by atoms with Gasteiger partial charge in [0.25, 0.3) is 0 Å². The minimum Gasteiger partial charge on any atom is -0.384 e. The molecule has 15 heavy (non-hydrogen) atoms. The van der Waals surface area contributed by atoms with Gasteiger partial charge in [0, 0.05) is 32.8 Å². The van der Waals surface area contributed by atoms with Crippen LogP contribution in [0.4, 0.5) is 0 Å². The fourth-order valence-electron chi connectivity index (χ4n) is 1.47. The molecule has 0 aromatic heterocycles. The zero-order valence-electron chi connectivity index (χ0n) is 9.10. The van der Waals surface area contributed by atoms with Crippen molar-refractivity contribution in [2.75, 3.05) is 39.1 Å². The van der Waals surface area contributed by atoms with Crippen molar-refractivity contribution in [1.82, 2.24) is 9.62 Å². The van der Waals surface area contributed by atoms with Crippen LogP contribution in [0.15, 0.2) is 0 Å². The first kappa shape index (κ1) is 15.1. The maximum absolute atomic E-state index is 11.7. The average molecular weight is 259 g/mol. The standard InChI is InChI=1S/C8H18N2O3S.ClH/c1-8-7-10(4-3-9-8)14(11,12)6-5-13-2;/h8-9H,3-7H2,1-2H3;1H/t8-;/m1./s1. The van der Waals surface area contributed by atoms with Crippen LogP contribution in [0.25, 0.3) is 0 Å². The number of nitrogens with one attached hydrogen (secondary N) is 1. The monoisotopic (exact) mass is 258 g/mol. The minimum atomic E-state index is -3.11. The van der Waals surface area contributed by atoms with Crippen molar-refractivity contribution < 1.29 is 13.2 Å². The quantitative estimate of drug-likeness (QED) is 0.751. The molecule has 1 fully saturated rings. The topological polar surface area (TPSA) is 58.6 Å². The molecule has 0 radical (unpaired) electrons. The third-order valence-electron chi connectivity index (χ3n) is 2.27. The van der Waals surface area contributed by atoms with Gasteiger partial charge in [-0.2, -0.15) is 4.31 Å². The van der Waals surface area contributed by atoms with E-state index in [4.69, 9.17) is 4.74 Å². The Balaban J connectivity index is 0.00000196. The van der Waals surface area contributed by atoms with E-state index in [0.29, 0.717) is 13.1 Å². The highest BCUT2D eigenvalue weighted by atomic mass is 35.5. The first-order valence-electron chi connectivity index (χ1n) is 4.76. The molecule has 1 saturated heterocycles. The van der Waals surface area contributed by atoms with Crippen LogP contribution in [-0.4, -0.2) is 57.9 Å². The zero-order valence-corrected chi connectivity index (χ0v) is 10.7. The molecule has 1 rings (SSSR count). The van der Waals surface area contributed by atoms with Gasteiger partial charge < -0.3 is 10.1 Å². The summed E-state index contributed by atoms with van der Waals surface area (Å²) in [6.45, 7) is 4.11. The van der Waals surface area contributed by atoms with Gasteiger partial charge >= 0.3 is 0 Å². The van der Waals surface area contributed by atoms with Crippen molar-refractivity contribution in [3.05, 3.63) is 0 Å². The Morgan fingerprint density at radius 3 is 2.73 bits per heavy atom. The summed E-state index contributed by atoms with van der Waals surface area (Å²) in [5.41, 5.74) is 0. The molecule has 92 valence electrons. The predicted octanol–water partition coefficient (Wildman–Crippen LogP) is -0.322. The summed E-state index contributed by atoms with van der Waals surface area (Å²) in [6, 6.07) is 0.237. The van der Waals surface area contributed by atoms with Gasteiger partial charge in [0.15, 0.2) is 0 Å². The minimum absolute atomic E-state index is 0. The molecular weight excluding hydrogens is 240 g/mol. The molecule has 0 aliphatic carbocycles. The van der Waals surface area contributed by atoms with Crippen LogP contribution in [0, 0.1) is 0 Å². The number of piperazine rings is 1. The number of sulfonamides is 1. The summed E-state index contributed by atoms with van der Waals surface area (Å²) in [4.78, 5) is 0. The van der Waals surface area contributed by atoms with Crippen molar-refractivity contribution >= 4 is 22.4 Å². The van der Waals surface area contributed by atoms with E-state index in [-0.39, 0.29) is 30.8 Å². The van der Waals surface area contributed by atoms with E-state index < -0.39 is 10.0 Å². The Bertz CT molecular complexity index is 271. The van der Waals surface area contributed by atoms with Crippen molar-refractivity contribution in [3.63, 3.8) is 0 Å². The average Bonchev–Trinajstić information content (AvgIpc) is 2.15. The van der Waals surface area contributed by atoms with E-state index in [1.54, 1.807) is 0 Å². The summed E-state index contributed by atoms with van der Waals surface area (Å²) in [5.74, 6) is 0.0796. The molecule has 0 unspecified atom stereocenters. The third-order valence-corrected chi connectivity index (χ3v) is 4.07. The van der Waals surface area contributed by atoms with Crippen LogP contribution in [0.3, 0.4) is 0 Å². The second-order valence-corrected chi connectivity index (χ2v) is 5.61. The maximum Gasteiger partial charge on any atom is 0.216 e. The van der Waals surface area contributed by atoms with Crippen molar-refractivity contribution in [2.45, 2.75) is 13.0 Å². The summed E-state index contributed by atoms with van der Waals surface area (Å²) >= 11 is 0. The highest BCUT2D eigenvalue weighted by Crippen LogP contribution is 2.06. The molecule has 1 N–H and O–H groups in total. The fraction of sp³-hybridized carbons (Fsp3) is 1.00. The van der Waals surface area contributed by atoms with Gasteiger partial charge in [-0.05, 0) is 6.92 Å². The Labute approximate surface area is 97.6 Å². The van der Waals surface area contributed by atoms with Crippen LogP contribution in [0.5, 0.6) is 0 Å². The van der Waals surface area contributed by atoms with Crippen LogP contribution in [0.1, 0.15) is 6.92 Å². The van der Waals surface area contributed by atoms with Gasteiger partial charge in [0.1, 0.15) is 0 Å². The maximum atomic E-state index is 11.7. The number of hydrogen-bond donors (Lipinski definition) is 1. The molecule has 0 aromatic rings. The number of hydrogen-bond acceptors (Lipinski definition) is 4. The smallest absolute Gasteiger partial charge is 0.216 e. The van der Waals surface area contributed by atoms with Crippen LogP contribution >= 0.6 is 12.4 Å². The number of nitrogens with zero attached hydrogens (tertiary/aromatic N) is 1. The van der Waals surface area contributed by atoms with E-state index >= 15 is 0 Å². The van der Waals surface area contributed by atoms with E-state index in [2.05, 4.69) is 5.32 Å². The van der Waals surface area contributed by atoms with Crippen LogP contribution in [0.2, 0.25) is 0 Å². The van der Waals surface area contributed by atoms with E-state index in [9.17, 15) is 8.42 Å². The Kier molecular flexibility index (Phi) is 6.70. The van der Waals surface area contributed by atoms with Gasteiger partial charge in [0.05, 0.1) is 12.4 Å². The number of methoxy groups -OCH3 is 1. The lowest BCUT2D eigenvalue weighted by molar-refractivity contribution is 0.214. The van der Waals surface area contributed by atoms with Crippen molar-refractivity contribution in [1.29, 1.82) is 0 Å². The largest absolute Gasteiger partial charge is 0.384 e. The molecule has 1 aliphatic heterocycles.